The summed E-state index contributed by atoms with van der Waals surface area (Å²) < 4.78 is 0. The van der Waals surface area contributed by atoms with E-state index in [0.717, 1.165) is 41.3 Å². The molecule has 0 amide bonds. The quantitative estimate of drug-likeness (QED) is 0.700. The Hall–Kier alpha value is -1.45. The molecule has 0 radical (unpaired) electrons. The monoisotopic (exact) mass is 233 g/mol. The molecule has 4 nitrogen and oxygen atoms in total. The third-order valence-corrected chi connectivity index (χ3v) is 3.06. The van der Waals surface area contributed by atoms with Gasteiger partial charge < -0.3 is 4.84 Å². The summed E-state index contributed by atoms with van der Waals surface area (Å²) in [5.41, 5.74) is 4.33. The number of oxime groups is 1. The van der Waals surface area contributed by atoms with Crippen molar-refractivity contribution >= 4 is 5.71 Å². The summed E-state index contributed by atoms with van der Waals surface area (Å²) in [6, 6.07) is 0. The van der Waals surface area contributed by atoms with Crippen LogP contribution in [0.15, 0.2) is 5.16 Å². The van der Waals surface area contributed by atoms with Gasteiger partial charge in [-0.05, 0) is 32.1 Å². The fraction of sp³-hybridized carbons (Fsp3) is 0.615. The first-order valence-electron chi connectivity index (χ1n) is 5.87. The van der Waals surface area contributed by atoms with Crippen LogP contribution in [0.25, 0.3) is 0 Å². The molecule has 1 aliphatic rings. The first kappa shape index (κ1) is 12.0. The zero-order valence-electron chi connectivity index (χ0n) is 11.2. The Morgan fingerprint density at radius 3 is 2.53 bits per heavy atom. The number of fused-ring (bicyclic) bond motifs is 1. The van der Waals surface area contributed by atoms with Gasteiger partial charge in [0.2, 0.25) is 0 Å². The van der Waals surface area contributed by atoms with Gasteiger partial charge in [-0.3, -0.25) is 0 Å². The largest absolute Gasteiger partial charge is 0.399 e. The topological polar surface area (TPSA) is 47.4 Å². The summed E-state index contributed by atoms with van der Waals surface area (Å²) in [5.74, 6) is 0.829. The number of hydrogen-bond donors (Lipinski definition) is 0. The van der Waals surface area contributed by atoms with Gasteiger partial charge in [0.05, 0.1) is 17.1 Å². The van der Waals surface area contributed by atoms with E-state index in [2.05, 4.69) is 29.0 Å². The molecule has 1 aliphatic carbocycles. The zero-order valence-corrected chi connectivity index (χ0v) is 11.2. The van der Waals surface area contributed by atoms with Crippen molar-refractivity contribution in [3.63, 3.8) is 0 Å². The average Bonchev–Trinajstić information content (AvgIpc) is 2.13. The summed E-state index contributed by atoms with van der Waals surface area (Å²) in [4.78, 5) is 13.9. The van der Waals surface area contributed by atoms with Crippen LogP contribution >= 0.6 is 0 Å². The van der Waals surface area contributed by atoms with E-state index in [-0.39, 0.29) is 5.41 Å². The zero-order chi connectivity index (χ0) is 12.6. The van der Waals surface area contributed by atoms with E-state index in [0.29, 0.717) is 0 Å². The molecular weight excluding hydrogens is 214 g/mol. The van der Waals surface area contributed by atoms with E-state index in [1.54, 1.807) is 7.11 Å². The Balaban J connectivity index is 2.61. The van der Waals surface area contributed by atoms with E-state index in [4.69, 9.17) is 4.84 Å². The van der Waals surface area contributed by atoms with Crippen molar-refractivity contribution in [3.05, 3.63) is 22.8 Å². The number of hydrogen-bond acceptors (Lipinski definition) is 4. The normalized spacial score (nSPS) is 20.2. The highest BCUT2D eigenvalue weighted by Crippen LogP contribution is 2.35. The molecule has 1 heterocycles. The van der Waals surface area contributed by atoms with Gasteiger partial charge in [-0.25, -0.2) is 9.97 Å². The van der Waals surface area contributed by atoms with Crippen molar-refractivity contribution in [3.8, 4) is 0 Å². The SMILES string of the molecule is CON=C1CC(C)(C)Cc2nc(C)nc(C)c21. The molecule has 0 saturated carbocycles. The number of rotatable bonds is 1. The van der Waals surface area contributed by atoms with Crippen LogP contribution < -0.4 is 0 Å². The third kappa shape index (κ3) is 2.30. The number of nitrogens with zero attached hydrogens (tertiary/aromatic N) is 3. The minimum Gasteiger partial charge on any atom is -0.399 e. The molecule has 17 heavy (non-hydrogen) atoms. The van der Waals surface area contributed by atoms with Gasteiger partial charge in [-0.15, -0.1) is 0 Å². The number of aromatic nitrogens is 2. The molecule has 92 valence electrons. The van der Waals surface area contributed by atoms with Crippen molar-refractivity contribution in [1.82, 2.24) is 9.97 Å². The molecule has 0 fully saturated rings. The van der Waals surface area contributed by atoms with Crippen molar-refractivity contribution in [2.75, 3.05) is 7.11 Å². The van der Waals surface area contributed by atoms with Crippen LogP contribution in [0.4, 0.5) is 0 Å². The molecular formula is C13H19N3O. The molecule has 4 heteroatoms. The van der Waals surface area contributed by atoms with E-state index >= 15 is 0 Å². The van der Waals surface area contributed by atoms with Gasteiger partial charge >= 0.3 is 0 Å². The van der Waals surface area contributed by atoms with E-state index in [1.165, 1.54) is 0 Å². The second-order valence-electron chi connectivity index (χ2n) is 5.42. The molecule has 0 aromatic carbocycles. The minimum atomic E-state index is 0.178. The van der Waals surface area contributed by atoms with Crippen LogP contribution in [0.2, 0.25) is 0 Å². The van der Waals surface area contributed by atoms with Crippen molar-refractivity contribution in [2.45, 2.75) is 40.5 Å². The lowest BCUT2D eigenvalue weighted by atomic mass is 9.75. The molecule has 0 saturated heterocycles. The molecule has 0 bridgehead atoms. The van der Waals surface area contributed by atoms with Crippen molar-refractivity contribution in [1.29, 1.82) is 0 Å². The Morgan fingerprint density at radius 1 is 1.18 bits per heavy atom. The van der Waals surface area contributed by atoms with Crippen molar-refractivity contribution < 1.29 is 4.84 Å². The predicted octanol–water partition coefficient (Wildman–Crippen LogP) is 2.42. The average molecular weight is 233 g/mol. The fourth-order valence-corrected chi connectivity index (χ4v) is 2.53. The summed E-state index contributed by atoms with van der Waals surface area (Å²) in [7, 11) is 1.58. The van der Waals surface area contributed by atoms with E-state index in [9.17, 15) is 0 Å². The standard InChI is InChI=1S/C13H19N3O/c1-8-12-10(15-9(2)14-8)6-13(3,4)7-11(12)16-17-5/h6-7H2,1-5H3. The van der Waals surface area contributed by atoms with E-state index in [1.807, 2.05) is 13.8 Å². The Bertz CT molecular complexity index is 478. The summed E-state index contributed by atoms with van der Waals surface area (Å²) in [5, 5.41) is 4.15. The third-order valence-electron chi connectivity index (χ3n) is 3.06. The highest BCUT2D eigenvalue weighted by Gasteiger charge is 2.32. The van der Waals surface area contributed by atoms with Crippen LogP contribution in [-0.4, -0.2) is 22.8 Å². The first-order valence-corrected chi connectivity index (χ1v) is 5.87. The molecule has 0 aliphatic heterocycles. The number of aryl methyl sites for hydroxylation is 2. The van der Waals surface area contributed by atoms with Crippen molar-refractivity contribution in [2.24, 2.45) is 10.6 Å². The lowest BCUT2D eigenvalue weighted by Crippen LogP contribution is -2.30. The second-order valence-corrected chi connectivity index (χ2v) is 5.42. The highest BCUT2D eigenvalue weighted by molar-refractivity contribution is 6.03. The molecule has 0 unspecified atom stereocenters. The molecule has 0 atom stereocenters. The molecule has 1 aromatic rings. The van der Waals surface area contributed by atoms with Crippen LogP contribution in [0.3, 0.4) is 0 Å². The predicted molar refractivity (Wildman–Crippen MR) is 67.2 cm³/mol. The molecule has 0 N–H and O–H groups in total. The van der Waals surface area contributed by atoms with E-state index < -0.39 is 0 Å². The van der Waals surface area contributed by atoms with Crippen LogP contribution in [0, 0.1) is 19.3 Å². The molecule has 2 rings (SSSR count). The highest BCUT2D eigenvalue weighted by atomic mass is 16.6. The van der Waals surface area contributed by atoms with Crippen LogP contribution in [0.5, 0.6) is 0 Å². The van der Waals surface area contributed by atoms with Gasteiger partial charge in [0.1, 0.15) is 12.9 Å². The fourth-order valence-electron chi connectivity index (χ4n) is 2.53. The first-order chi connectivity index (χ1) is 7.93. The Morgan fingerprint density at radius 2 is 1.88 bits per heavy atom. The smallest absolute Gasteiger partial charge is 0.125 e. The maximum Gasteiger partial charge on any atom is 0.125 e. The Labute approximate surface area is 102 Å². The molecule has 1 aromatic heterocycles. The van der Waals surface area contributed by atoms with Crippen LogP contribution in [0.1, 0.15) is 43.0 Å². The lowest BCUT2D eigenvalue weighted by molar-refractivity contribution is 0.209. The van der Waals surface area contributed by atoms with Gasteiger partial charge in [-0.2, -0.15) is 0 Å². The summed E-state index contributed by atoms with van der Waals surface area (Å²) in [6.07, 6.45) is 1.87. The summed E-state index contributed by atoms with van der Waals surface area (Å²) in [6.45, 7) is 8.40. The van der Waals surface area contributed by atoms with Gasteiger partial charge in [0.25, 0.3) is 0 Å². The second kappa shape index (κ2) is 4.09. The van der Waals surface area contributed by atoms with Gasteiger partial charge in [0, 0.05) is 5.56 Å². The minimum absolute atomic E-state index is 0.178. The Kier molecular flexibility index (Phi) is 2.89. The van der Waals surface area contributed by atoms with Gasteiger partial charge in [-0.1, -0.05) is 19.0 Å². The maximum absolute atomic E-state index is 4.95. The molecule has 0 spiro atoms. The maximum atomic E-state index is 4.95. The van der Waals surface area contributed by atoms with Gasteiger partial charge in [0.15, 0.2) is 0 Å². The van der Waals surface area contributed by atoms with Crippen LogP contribution in [-0.2, 0) is 11.3 Å². The summed E-state index contributed by atoms with van der Waals surface area (Å²) >= 11 is 0. The lowest BCUT2D eigenvalue weighted by Gasteiger charge is -2.31.